The zero-order valence-electron chi connectivity index (χ0n) is 18.2. The molecule has 0 saturated heterocycles. The Bertz CT molecular complexity index is 802. The number of rotatable bonds is 8. The quantitative estimate of drug-likeness (QED) is 0.457. The van der Waals surface area contributed by atoms with Gasteiger partial charge in [0.15, 0.2) is 5.11 Å². The van der Waals surface area contributed by atoms with Gasteiger partial charge in [0, 0.05) is 7.05 Å². The predicted molar refractivity (Wildman–Crippen MR) is 123 cm³/mol. The molecule has 0 radical (unpaired) electrons. The Balaban J connectivity index is 0.000000311. The normalized spacial score (nSPS) is 18.0. The summed E-state index contributed by atoms with van der Waals surface area (Å²) in [7, 11) is 1.08. The van der Waals surface area contributed by atoms with Crippen molar-refractivity contribution in [3.05, 3.63) is 29.8 Å². The van der Waals surface area contributed by atoms with Gasteiger partial charge in [-0.05, 0) is 62.0 Å². The van der Waals surface area contributed by atoms with Crippen molar-refractivity contribution in [3.8, 4) is 5.75 Å². The highest BCUT2D eigenvalue weighted by molar-refractivity contribution is 7.80. The molecule has 0 spiro atoms. The van der Waals surface area contributed by atoms with Crippen LogP contribution >= 0.6 is 12.2 Å². The lowest BCUT2D eigenvalue weighted by Crippen LogP contribution is -2.39. The standard InChI is InChI=1S/C12H16N2O2S.C9H17NO2S/c1-8(11(15)14-12(17)13-2)9-4-6-10(16-3)7-5-9;1-2-3-4-5-8-6-7-9(8)10-13(11)12/h4-8H,1-3H3,(H2,13,14,15,17);8-9H,2-7H2,1H3. The molecule has 1 saturated carbocycles. The van der Waals surface area contributed by atoms with Crippen LogP contribution in [0.3, 0.4) is 0 Å². The number of unbranched alkanes of at least 4 members (excludes halogenated alkanes) is 2. The summed E-state index contributed by atoms with van der Waals surface area (Å²) in [6.45, 7) is 4.00. The zero-order valence-corrected chi connectivity index (χ0v) is 19.8. The second-order valence-corrected chi connectivity index (χ2v) is 8.34. The summed E-state index contributed by atoms with van der Waals surface area (Å²) < 4.78 is 29.3. The fourth-order valence-corrected chi connectivity index (χ4v) is 3.72. The molecule has 0 bridgehead atoms. The van der Waals surface area contributed by atoms with Crippen LogP contribution < -0.4 is 15.4 Å². The predicted octanol–water partition coefficient (Wildman–Crippen LogP) is 3.83. The molecule has 9 heteroatoms. The first-order chi connectivity index (χ1) is 14.3. The van der Waals surface area contributed by atoms with E-state index in [1.807, 2.05) is 31.2 Å². The molecule has 3 unspecified atom stereocenters. The van der Waals surface area contributed by atoms with Crippen molar-refractivity contribution < 1.29 is 17.9 Å². The summed E-state index contributed by atoms with van der Waals surface area (Å²) >= 11 is 4.88. The van der Waals surface area contributed by atoms with E-state index in [9.17, 15) is 13.2 Å². The molecule has 1 aromatic rings. The van der Waals surface area contributed by atoms with Crippen molar-refractivity contribution in [3.63, 3.8) is 0 Å². The number of amides is 1. The van der Waals surface area contributed by atoms with Gasteiger partial charge in [-0.25, -0.2) is 0 Å². The van der Waals surface area contributed by atoms with Gasteiger partial charge in [-0.15, -0.1) is 0 Å². The van der Waals surface area contributed by atoms with Gasteiger partial charge < -0.3 is 15.4 Å². The molecule has 168 valence electrons. The summed E-state index contributed by atoms with van der Waals surface area (Å²) in [4.78, 5) is 11.8. The fourth-order valence-electron chi connectivity index (χ4n) is 3.12. The maximum atomic E-state index is 11.8. The molecule has 1 aliphatic rings. The van der Waals surface area contributed by atoms with Gasteiger partial charge >= 0.3 is 10.5 Å². The number of benzene rings is 1. The summed E-state index contributed by atoms with van der Waals surface area (Å²) in [6.07, 6.45) is 6.98. The summed E-state index contributed by atoms with van der Waals surface area (Å²) in [6, 6.07) is 7.50. The molecule has 3 atom stereocenters. The van der Waals surface area contributed by atoms with Gasteiger partial charge in [0.25, 0.3) is 0 Å². The molecule has 1 aliphatic carbocycles. The number of hydrogen-bond donors (Lipinski definition) is 2. The molecule has 2 rings (SSSR count). The van der Waals surface area contributed by atoms with Crippen LogP contribution in [0.15, 0.2) is 28.6 Å². The van der Waals surface area contributed by atoms with E-state index >= 15 is 0 Å². The minimum absolute atomic E-state index is 0.107. The van der Waals surface area contributed by atoms with Gasteiger partial charge in [0.2, 0.25) is 5.91 Å². The van der Waals surface area contributed by atoms with Gasteiger partial charge in [0.05, 0.1) is 19.1 Å². The van der Waals surface area contributed by atoms with Gasteiger partial charge in [0.1, 0.15) is 5.75 Å². The topological polar surface area (TPSA) is 96.9 Å². The summed E-state index contributed by atoms with van der Waals surface area (Å²) in [5.74, 6) is 0.929. The van der Waals surface area contributed by atoms with E-state index in [0.717, 1.165) is 30.6 Å². The second kappa shape index (κ2) is 14.1. The smallest absolute Gasteiger partial charge is 0.311 e. The number of thiocarbonyl (C=S) groups is 1. The average molecular weight is 456 g/mol. The maximum Gasteiger partial charge on any atom is 0.311 e. The van der Waals surface area contributed by atoms with Crippen molar-refractivity contribution in [2.45, 2.75) is 64.3 Å². The molecule has 1 aromatic carbocycles. The molecular formula is C21H33N3O4S2. The maximum absolute atomic E-state index is 11.8. The summed E-state index contributed by atoms with van der Waals surface area (Å²) in [5.41, 5.74) is 0.919. The van der Waals surface area contributed by atoms with Crippen molar-refractivity contribution >= 4 is 33.7 Å². The van der Waals surface area contributed by atoms with Crippen LogP contribution in [0.5, 0.6) is 5.75 Å². The van der Waals surface area contributed by atoms with Crippen LogP contribution in [0.1, 0.15) is 63.9 Å². The largest absolute Gasteiger partial charge is 0.497 e. The molecule has 30 heavy (non-hydrogen) atoms. The molecule has 0 aliphatic heterocycles. The Kier molecular flexibility index (Phi) is 12.2. The van der Waals surface area contributed by atoms with E-state index in [1.165, 1.54) is 19.3 Å². The highest BCUT2D eigenvalue weighted by Crippen LogP contribution is 2.34. The third kappa shape index (κ3) is 9.21. The minimum atomic E-state index is -2.20. The van der Waals surface area contributed by atoms with Crippen molar-refractivity contribution in [2.24, 2.45) is 10.3 Å². The van der Waals surface area contributed by atoms with E-state index in [2.05, 4.69) is 21.9 Å². The Hall–Kier alpha value is -2.00. The van der Waals surface area contributed by atoms with Crippen molar-refractivity contribution in [2.75, 3.05) is 14.2 Å². The zero-order chi connectivity index (χ0) is 22.5. The highest BCUT2D eigenvalue weighted by atomic mass is 32.2. The van der Waals surface area contributed by atoms with Crippen molar-refractivity contribution in [1.82, 2.24) is 10.6 Å². The summed E-state index contributed by atoms with van der Waals surface area (Å²) in [5, 5.41) is 5.64. The van der Waals surface area contributed by atoms with E-state index < -0.39 is 10.5 Å². The fraction of sp³-hybridized carbons (Fsp3) is 0.619. The first-order valence-electron chi connectivity index (χ1n) is 10.3. The Morgan fingerprint density at radius 1 is 1.27 bits per heavy atom. The van der Waals surface area contributed by atoms with Crippen LogP contribution in [-0.4, -0.2) is 39.6 Å². The van der Waals surface area contributed by atoms with Gasteiger partial charge in [-0.2, -0.15) is 12.8 Å². The van der Waals surface area contributed by atoms with Gasteiger partial charge in [-0.3, -0.25) is 4.79 Å². The van der Waals surface area contributed by atoms with Gasteiger partial charge in [-0.1, -0.05) is 38.3 Å². The third-order valence-electron chi connectivity index (χ3n) is 5.25. The number of carbonyl (C=O) groups excluding carboxylic acids is 1. The Morgan fingerprint density at radius 2 is 1.93 bits per heavy atom. The van der Waals surface area contributed by atoms with Crippen LogP contribution in [0.4, 0.5) is 0 Å². The molecule has 1 fully saturated rings. The highest BCUT2D eigenvalue weighted by Gasteiger charge is 2.30. The van der Waals surface area contributed by atoms with E-state index in [0.29, 0.717) is 11.0 Å². The number of carbonyl (C=O) groups is 1. The van der Waals surface area contributed by atoms with Crippen molar-refractivity contribution in [1.29, 1.82) is 0 Å². The number of nitrogens with one attached hydrogen (secondary N) is 2. The SMILES string of the molecule is CCCCCC1CCC1N=S(=O)=O.CNC(=S)NC(=O)C(C)c1ccc(OC)cc1. The van der Waals surface area contributed by atoms with E-state index in [1.54, 1.807) is 14.2 Å². The lowest BCUT2D eigenvalue weighted by atomic mass is 9.77. The molecule has 0 aromatic heterocycles. The first-order valence-corrected chi connectivity index (χ1v) is 11.7. The van der Waals surface area contributed by atoms with Crippen LogP contribution in [0.25, 0.3) is 0 Å². The van der Waals surface area contributed by atoms with E-state index in [4.69, 9.17) is 17.0 Å². The third-order valence-corrected chi connectivity index (χ3v) is 6.00. The number of ether oxygens (including phenoxy) is 1. The molecule has 1 amide bonds. The molecular weight excluding hydrogens is 422 g/mol. The van der Waals surface area contributed by atoms with Crippen LogP contribution in [0, 0.1) is 5.92 Å². The van der Waals surface area contributed by atoms with Crippen LogP contribution in [0.2, 0.25) is 0 Å². The van der Waals surface area contributed by atoms with E-state index in [-0.39, 0.29) is 17.9 Å². The van der Waals surface area contributed by atoms with Crippen LogP contribution in [-0.2, 0) is 15.3 Å². The second-order valence-electron chi connectivity index (χ2n) is 7.29. The number of methoxy groups -OCH3 is 1. The lowest BCUT2D eigenvalue weighted by molar-refractivity contribution is -0.120. The first kappa shape index (κ1) is 26.0. The molecule has 2 N–H and O–H groups in total. The molecule has 7 nitrogen and oxygen atoms in total. The monoisotopic (exact) mass is 455 g/mol. The minimum Gasteiger partial charge on any atom is -0.497 e. The average Bonchev–Trinajstić information content (AvgIpc) is 2.74. The Morgan fingerprint density at radius 3 is 2.40 bits per heavy atom. The lowest BCUT2D eigenvalue weighted by Gasteiger charge is -2.32. The Labute approximate surface area is 186 Å². The molecule has 0 heterocycles. The number of nitrogens with zero attached hydrogens (tertiary/aromatic N) is 1. The number of hydrogen-bond acceptors (Lipinski definition) is 6.